The van der Waals surface area contributed by atoms with Crippen LogP contribution in [0.3, 0.4) is 0 Å². The van der Waals surface area contributed by atoms with E-state index >= 15 is 0 Å². The zero-order chi connectivity index (χ0) is 19.5. The first-order valence-corrected chi connectivity index (χ1v) is 8.74. The molecule has 1 fully saturated rings. The summed E-state index contributed by atoms with van der Waals surface area (Å²) in [4.78, 5) is 35.8. The van der Waals surface area contributed by atoms with Crippen molar-refractivity contribution in [2.24, 2.45) is 5.41 Å². The van der Waals surface area contributed by atoms with E-state index in [0.29, 0.717) is 18.4 Å². The third-order valence-electron chi connectivity index (χ3n) is 4.92. The van der Waals surface area contributed by atoms with Crippen LogP contribution in [0.5, 0.6) is 0 Å². The molecule has 1 N–H and O–H groups in total. The molecule has 1 saturated heterocycles. The van der Waals surface area contributed by atoms with E-state index in [2.05, 4.69) is 6.58 Å². The van der Waals surface area contributed by atoms with Crippen molar-refractivity contribution >= 4 is 17.7 Å². The first kappa shape index (κ1) is 20.1. The molecular weight excluding hydrogens is 336 g/mol. The van der Waals surface area contributed by atoms with Gasteiger partial charge in [0.05, 0.1) is 17.9 Å². The van der Waals surface area contributed by atoms with Gasteiger partial charge in [0.1, 0.15) is 12.2 Å². The number of aliphatic hydroxyl groups excluding tert-OH is 1. The lowest BCUT2D eigenvalue weighted by atomic mass is 9.69. The summed E-state index contributed by atoms with van der Waals surface area (Å²) >= 11 is 0. The Balaban J connectivity index is 2.18. The van der Waals surface area contributed by atoms with Crippen LogP contribution in [0.1, 0.15) is 46.5 Å². The zero-order valence-electron chi connectivity index (χ0n) is 15.5. The molecule has 1 spiro atoms. The highest BCUT2D eigenvalue weighted by molar-refractivity contribution is 6.00. The van der Waals surface area contributed by atoms with E-state index in [0.717, 1.165) is 5.57 Å². The number of hydrogen-bond donors (Lipinski definition) is 1. The highest BCUT2D eigenvalue weighted by atomic mass is 16.6. The predicted molar refractivity (Wildman–Crippen MR) is 95.1 cm³/mol. The van der Waals surface area contributed by atoms with E-state index in [1.807, 2.05) is 6.92 Å². The minimum Gasteiger partial charge on any atom is -0.458 e. The summed E-state index contributed by atoms with van der Waals surface area (Å²) in [6, 6.07) is 0. The molecule has 0 radical (unpaired) electrons. The van der Waals surface area contributed by atoms with E-state index in [1.165, 1.54) is 13.0 Å². The Bertz CT molecular complexity index is 674. The summed E-state index contributed by atoms with van der Waals surface area (Å²) in [5.41, 5.74) is 0.564. The Morgan fingerprint density at radius 3 is 2.77 bits per heavy atom. The fourth-order valence-corrected chi connectivity index (χ4v) is 3.40. The van der Waals surface area contributed by atoms with E-state index in [1.54, 1.807) is 19.1 Å². The molecule has 6 nitrogen and oxygen atoms in total. The number of cyclic esters (lactones) is 1. The fraction of sp³-hybridized carbons (Fsp3) is 0.550. The summed E-state index contributed by atoms with van der Waals surface area (Å²) in [5, 5.41) is 9.86. The van der Waals surface area contributed by atoms with Crippen LogP contribution in [0.15, 0.2) is 36.0 Å². The molecule has 0 saturated carbocycles. The van der Waals surface area contributed by atoms with Crippen molar-refractivity contribution in [3.05, 3.63) is 36.0 Å². The van der Waals surface area contributed by atoms with Gasteiger partial charge in [-0.2, -0.15) is 0 Å². The average Bonchev–Trinajstić information content (AvgIpc) is 2.84. The lowest BCUT2D eigenvalue weighted by molar-refractivity contribution is -0.148. The number of carbonyl (C=O) groups is 3. The maximum atomic E-state index is 12.6. The molecule has 142 valence electrons. The molecule has 1 heterocycles. The summed E-state index contributed by atoms with van der Waals surface area (Å²) < 4.78 is 10.6. The molecule has 0 aromatic carbocycles. The van der Waals surface area contributed by atoms with Gasteiger partial charge < -0.3 is 14.6 Å². The molecule has 1 aliphatic heterocycles. The number of esters is 2. The molecule has 26 heavy (non-hydrogen) atoms. The van der Waals surface area contributed by atoms with Crippen molar-refractivity contribution in [3.8, 4) is 0 Å². The Morgan fingerprint density at radius 2 is 2.15 bits per heavy atom. The van der Waals surface area contributed by atoms with Crippen molar-refractivity contribution < 1.29 is 29.0 Å². The van der Waals surface area contributed by atoms with E-state index in [-0.39, 0.29) is 18.6 Å². The van der Waals surface area contributed by atoms with Crippen molar-refractivity contribution in [2.75, 3.05) is 0 Å². The van der Waals surface area contributed by atoms with Gasteiger partial charge >= 0.3 is 11.9 Å². The maximum Gasteiger partial charge on any atom is 0.307 e. The quantitative estimate of drug-likeness (QED) is 0.576. The second kappa shape index (κ2) is 7.99. The molecule has 0 aromatic rings. The second-order valence-electron chi connectivity index (χ2n) is 7.23. The lowest BCUT2D eigenvalue weighted by Crippen LogP contribution is -2.43. The molecule has 1 aliphatic carbocycles. The third-order valence-corrected chi connectivity index (χ3v) is 4.92. The number of hydrogen-bond acceptors (Lipinski definition) is 6. The predicted octanol–water partition coefficient (Wildman–Crippen LogP) is 2.41. The molecule has 0 aromatic heterocycles. The summed E-state index contributed by atoms with van der Waals surface area (Å²) in [6.45, 7) is 8.67. The van der Waals surface area contributed by atoms with Gasteiger partial charge in [0, 0.05) is 13.3 Å². The smallest absolute Gasteiger partial charge is 0.307 e. The van der Waals surface area contributed by atoms with Crippen molar-refractivity contribution in [1.29, 1.82) is 0 Å². The van der Waals surface area contributed by atoms with Crippen LogP contribution in [-0.2, 0) is 23.9 Å². The minimum absolute atomic E-state index is 0.0310. The molecule has 0 bridgehead atoms. The van der Waals surface area contributed by atoms with Crippen LogP contribution in [-0.4, -0.2) is 41.1 Å². The normalized spacial score (nSPS) is 29.6. The molecule has 2 rings (SSSR count). The van der Waals surface area contributed by atoms with Gasteiger partial charge in [0.25, 0.3) is 0 Å². The van der Waals surface area contributed by atoms with Crippen LogP contribution >= 0.6 is 0 Å². The largest absolute Gasteiger partial charge is 0.458 e. The maximum absolute atomic E-state index is 12.6. The van der Waals surface area contributed by atoms with Crippen molar-refractivity contribution in [2.45, 2.75) is 64.8 Å². The number of ketones is 1. The average molecular weight is 362 g/mol. The third kappa shape index (κ3) is 4.49. The summed E-state index contributed by atoms with van der Waals surface area (Å²) in [6.07, 6.45) is 4.14. The number of ether oxygens (including phenoxy) is 2. The molecule has 0 amide bonds. The van der Waals surface area contributed by atoms with Crippen LogP contribution in [0, 0.1) is 5.41 Å². The van der Waals surface area contributed by atoms with Gasteiger partial charge in [-0.25, -0.2) is 0 Å². The van der Waals surface area contributed by atoms with E-state index in [9.17, 15) is 19.5 Å². The van der Waals surface area contributed by atoms with Crippen LogP contribution < -0.4 is 0 Å². The monoisotopic (exact) mass is 362 g/mol. The minimum atomic E-state index is -1.04. The zero-order valence-corrected chi connectivity index (χ0v) is 15.5. The number of aliphatic hydroxyl groups is 1. The van der Waals surface area contributed by atoms with Crippen LogP contribution in [0.2, 0.25) is 0 Å². The number of allylic oxidation sites excluding steroid dienone is 2. The van der Waals surface area contributed by atoms with Crippen LogP contribution in [0.4, 0.5) is 0 Å². The first-order valence-electron chi connectivity index (χ1n) is 8.74. The molecular formula is C20H26O6. The van der Waals surface area contributed by atoms with Crippen molar-refractivity contribution in [3.63, 3.8) is 0 Å². The number of carbonyl (C=O) groups excluding carboxylic acids is 3. The summed E-state index contributed by atoms with van der Waals surface area (Å²) in [5.74, 6) is -1.07. The Labute approximate surface area is 153 Å². The van der Waals surface area contributed by atoms with Gasteiger partial charge in [-0.05, 0) is 44.9 Å². The first-order chi connectivity index (χ1) is 12.1. The molecule has 0 unspecified atom stereocenters. The Kier molecular flexibility index (Phi) is 6.18. The standard InChI is InChI=1S/C20H26O6/c1-12(2)16(22)7-5-13(3)9-18-20(11-19(24)26-18)10-15(25-14(4)21)6-8-17(20)23/h6,8-9,15-16,18,22H,1,5,7,10-11H2,2-4H3/b13-9+/t15-,16-,18-,20+/m1/s1. The fourth-order valence-electron chi connectivity index (χ4n) is 3.40. The van der Waals surface area contributed by atoms with Crippen LogP contribution in [0.25, 0.3) is 0 Å². The van der Waals surface area contributed by atoms with Gasteiger partial charge in [-0.15, -0.1) is 0 Å². The van der Waals surface area contributed by atoms with Gasteiger partial charge in [0.2, 0.25) is 0 Å². The Hall–Kier alpha value is -2.21. The molecule has 4 atom stereocenters. The van der Waals surface area contributed by atoms with Gasteiger partial charge in [-0.1, -0.05) is 17.7 Å². The topological polar surface area (TPSA) is 89.9 Å². The van der Waals surface area contributed by atoms with E-state index < -0.39 is 35.7 Å². The van der Waals surface area contributed by atoms with Gasteiger partial charge in [0.15, 0.2) is 5.78 Å². The second-order valence-corrected chi connectivity index (χ2v) is 7.23. The highest BCUT2D eigenvalue weighted by Gasteiger charge is 2.55. The summed E-state index contributed by atoms with van der Waals surface area (Å²) in [7, 11) is 0. The van der Waals surface area contributed by atoms with Gasteiger partial charge in [-0.3, -0.25) is 14.4 Å². The highest BCUT2D eigenvalue weighted by Crippen LogP contribution is 2.45. The SMILES string of the molecule is C=C(C)[C@H](O)CC/C(C)=C/[C@H]1OC(=O)C[C@]12C[C@H](OC(C)=O)C=CC2=O. The molecule has 2 aliphatic rings. The Morgan fingerprint density at radius 1 is 1.46 bits per heavy atom. The van der Waals surface area contributed by atoms with E-state index in [4.69, 9.17) is 9.47 Å². The van der Waals surface area contributed by atoms with Crippen molar-refractivity contribution in [1.82, 2.24) is 0 Å². The lowest BCUT2D eigenvalue weighted by Gasteiger charge is -2.34. The molecule has 6 heteroatoms. The number of rotatable bonds is 6.